The van der Waals surface area contributed by atoms with Gasteiger partial charge < -0.3 is 10.6 Å². The van der Waals surface area contributed by atoms with Crippen molar-refractivity contribution < 1.29 is 0 Å². The zero-order valence-corrected chi connectivity index (χ0v) is 11.7. The Labute approximate surface area is 108 Å². The third-order valence-electron chi connectivity index (χ3n) is 3.50. The van der Waals surface area contributed by atoms with Crippen molar-refractivity contribution in [1.29, 1.82) is 0 Å². The Morgan fingerprint density at radius 2 is 2.41 bits per heavy atom. The van der Waals surface area contributed by atoms with Crippen molar-refractivity contribution >= 4 is 11.3 Å². The molecule has 0 aromatic carbocycles. The monoisotopic (exact) mass is 253 g/mol. The van der Waals surface area contributed by atoms with Gasteiger partial charge in [0, 0.05) is 29.6 Å². The summed E-state index contributed by atoms with van der Waals surface area (Å²) in [4.78, 5) is 8.54. The molecule has 1 fully saturated rings. The van der Waals surface area contributed by atoms with Gasteiger partial charge in [0.1, 0.15) is 0 Å². The van der Waals surface area contributed by atoms with E-state index in [1.165, 1.54) is 29.4 Å². The van der Waals surface area contributed by atoms with E-state index in [1.807, 2.05) is 17.5 Å². The van der Waals surface area contributed by atoms with Crippen LogP contribution in [-0.2, 0) is 6.42 Å². The standard InChI is InChI=1S/C13H23N3S/c1-10(2)16-7-5-11(9-16)13-15-8-12(17-13)4-3-6-14/h8,10-11H,3-7,9,14H2,1-2H3. The summed E-state index contributed by atoms with van der Waals surface area (Å²) < 4.78 is 0. The summed E-state index contributed by atoms with van der Waals surface area (Å²) in [7, 11) is 0. The van der Waals surface area contributed by atoms with Crippen LogP contribution in [0.1, 0.15) is 42.5 Å². The molecular formula is C13H23N3S. The van der Waals surface area contributed by atoms with Gasteiger partial charge in [0.2, 0.25) is 0 Å². The van der Waals surface area contributed by atoms with E-state index in [2.05, 4.69) is 23.7 Å². The number of nitrogens with zero attached hydrogens (tertiary/aromatic N) is 2. The molecule has 17 heavy (non-hydrogen) atoms. The molecule has 1 aromatic rings. The van der Waals surface area contributed by atoms with Gasteiger partial charge in [-0.2, -0.15) is 0 Å². The third-order valence-corrected chi connectivity index (χ3v) is 4.72. The van der Waals surface area contributed by atoms with Gasteiger partial charge in [0.05, 0.1) is 5.01 Å². The molecule has 1 atom stereocenters. The first-order valence-electron chi connectivity index (χ1n) is 6.59. The maximum absolute atomic E-state index is 5.53. The lowest BCUT2D eigenvalue weighted by Crippen LogP contribution is -2.27. The molecule has 0 amide bonds. The molecule has 2 heterocycles. The Bertz CT molecular complexity index is 348. The zero-order valence-electron chi connectivity index (χ0n) is 10.9. The molecule has 2 N–H and O–H groups in total. The number of likely N-dealkylation sites (tertiary alicyclic amines) is 1. The second kappa shape index (κ2) is 5.94. The average molecular weight is 253 g/mol. The number of nitrogens with two attached hydrogens (primary N) is 1. The van der Waals surface area contributed by atoms with E-state index in [9.17, 15) is 0 Å². The molecule has 2 rings (SSSR count). The van der Waals surface area contributed by atoms with Crippen molar-refractivity contribution in [2.24, 2.45) is 5.73 Å². The quantitative estimate of drug-likeness (QED) is 0.875. The number of aromatic nitrogens is 1. The summed E-state index contributed by atoms with van der Waals surface area (Å²) in [5.41, 5.74) is 5.53. The van der Waals surface area contributed by atoms with Crippen LogP contribution in [-0.4, -0.2) is 35.6 Å². The molecule has 1 unspecified atom stereocenters. The van der Waals surface area contributed by atoms with Crippen molar-refractivity contribution in [2.75, 3.05) is 19.6 Å². The predicted octanol–water partition coefficient (Wildman–Crippen LogP) is 2.23. The normalized spacial score (nSPS) is 21.5. The van der Waals surface area contributed by atoms with E-state index >= 15 is 0 Å². The fraction of sp³-hybridized carbons (Fsp3) is 0.769. The lowest BCUT2D eigenvalue weighted by atomic mass is 10.1. The zero-order chi connectivity index (χ0) is 12.3. The van der Waals surface area contributed by atoms with Crippen LogP contribution in [0.5, 0.6) is 0 Å². The van der Waals surface area contributed by atoms with E-state index < -0.39 is 0 Å². The van der Waals surface area contributed by atoms with Crippen molar-refractivity contribution in [2.45, 2.75) is 45.1 Å². The Kier molecular flexibility index (Phi) is 4.54. The highest BCUT2D eigenvalue weighted by atomic mass is 32.1. The Morgan fingerprint density at radius 1 is 1.59 bits per heavy atom. The molecule has 1 aliphatic rings. The van der Waals surface area contributed by atoms with Gasteiger partial charge in [-0.05, 0) is 46.2 Å². The fourth-order valence-electron chi connectivity index (χ4n) is 2.36. The first-order chi connectivity index (χ1) is 8.20. The summed E-state index contributed by atoms with van der Waals surface area (Å²) in [5, 5.41) is 1.33. The molecule has 0 spiro atoms. The van der Waals surface area contributed by atoms with E-state index in [4.69, 9.17) is 5.73 Å². The molecule has 0 radical (unpaired) electrons. The summed E-state index contributed by atoms with van der Waals surface area (Å²) in [6, 6.07) is 0.664. The molecule has 4 heteroatoms. The summed E-state index contributed by atoms with van der Waals surface area (Å²) in [6.07, 6.45) is 5.48. The Balaban J connectivity index is 1.92. The van der Waals surface area contributed by atoms with E-state index in [0.717, 1.165) is 19.4 Å². The number of aryl methyl sites for hydroxylation is 1. The molecule has 0 aliphatic carbocycles. The number of hydrogen-bond donors (Lipinski definition) is 1. The Hall–Kier alpha value is -0.450. The largest absolute Gasteiger partial charge is 0.330 e. The molecule has 3 nitrogen and oxygen atoms in total. The fourth-order valence-corrected chi connectivity index (χ4v) is 3.45. The van der Waals surface area contributed by atoms with Crippen LogP contribution < -0.4 is 5.73 Å². The molecule has 96 valence electrons. The van der Waals surface area contributed by atoms with E-state index in [0.29, 0.717) is 12.0 Å². The highest BCUT2D eigenvalue weighted by Crippen LogP contribution is 2.31. The van der Waals surface area contributed by atoms with Gasteiger partial charge in [-0.25, -0.2) is 4.98 Å². The first kappa shape index (κ1) is 13.0. The minimum Gasteiger partial charge on any atom is -0.330 e. The summed E-state index contributed by atoms with van der Waals surface area (Å²) in [5.74, 6) is 0.661. The van der Waals surface area contributed by atoms with Gasteiger partial charge >= 0.3 is 0 Å². The van der Waals surface area contributed by atoms with Crippen LogP contribution in [0.4, 0.5) is 0 Å². The second-order valence-corrected chi connectivity index (χ2v) is 6.28. The minimum atomic E-state index is 0.661. The third kappa shape index (κ3) is 3.27. The van der Waals surface area contributed by atoms with E-state index in [-0.39, 0.29) is 0 Å². The van der Waals surface area contributed by atoms with Crippen LogP contribution in [0, 0.1) is 0 Å². The number of hydrogen-bond acceptors (Lipinski definition) is 4. The van der Waals surface area contributed by atoms with Crippen LogP contribution in [0.3, 0.4) is 0 Å². The molecular weight excluding hydrogens is 230 g/mol. The number of rotatable bonds is 5. The van der Waals surface area contributed by atoms with Gasteiger partial charge in [-0.3, -0.25) is 0 Å². The van der Waals surface area contributed by atoms with Crippen molar-refractivity contribution in [3.63, 3.8) is 0 Å². The summed E-state index contributed by atoms with van der Waals surface area (Å²) in [6.45, 7) is 7.73. The van der Waals surface area contributed by atoms with E-state index in [1.54, 1.807) is 0 Å². The van der Waals surface area contributed by atoms with Crippen molar-refractivity contribution in [1.82, 2.24) is 9.88 Å². The van der Waals surface area contributed by atoms with Crippen LogP contribution >= 0.6 is 11.3 Å². The van der Waals surface area contributed by atoms with Gasteiger partial charge in [-0.15, -0.1) is 11.3 Å². The lowest BCUT2D eigenvalue weighted by molar-refractivity contribution is 0.272. The van der Waals surface area contributed by atoms with Crippen LogP contribution in [0.15, 0.2) is 6.20 Å². The maximum atomic E-state index is 5.53. The van der Waals surface area contributed by atoms with Crippen LogP contribution in [0.2, 0.25) is 0 Å². The SMILES string of the molecule is CC(C)N1CCC(c2ncc(CCCN)s2)C1. The molecule has 1 aromatic heterocycles. The van der Waals surface area contributed by atoms with Gasteiger partial charge in [0.25, 0.3) is 0 Å². The van der Waals surface area contributed by atoms with Crippen molar-refractivity contribution in [3.05, 3.63) is 16.1 Å². The lowest BCUT2D eigenvalue weighted by Gasteiger charge is -2.19. The highest BCUT2D eigenvalue weighted by Gasteiger charge is 2.27. The average Bonchev–Trinajstić information content (AvgIpc) is 2.94. The maximum Gasteiger partial charge on any atom is 0.0971 e. The second-order valence-electron chi connectivity index (χ2n) is 5.13. The predicted molar refractivity (Wildman–Crippen MR) is 73.6 cm³/mol. The summed E-state index contributed by atoms with van der Waals surface area (Å²) >= 11 is 1.89. The molecule has 0 saturated carbocycles. The topological polar surface area (TPSA) is 42.2 Å². The minimum absolute atomic E-state index is 0.661. The van der Waals surface area contributed by atoms with Crippen molar-refractivity contribution in [3.8, 4) is 0 Å². The molecule has 1 aliphatic heterocycles. The van der Waals surface area contributed by atoms with Gasteiger partial charge in [0.15, 0.2) is 0 Å². The molecule has 0 bridgehead atoms. The highest BCUT2D eigenvalue weighted by molar-refractivity contribution is 7.11. The Morgan fingerprint density at radius 3 is 3.06 bits per heavy atom. The van der Waals surface area contributed by atoms with Gasteiger partial charge in [-0.1, -0.05) is 0 Å². The molecule has 1 saturated heterocycles. The smallest absolute Gasteiger partial charge is 0.0971 e. The van der Waals surface area contributed by atoms with Crippen LogP contribution in [0.25, 0.3) is 0 Å². The first-order valence-corrected chi connectivity index (χ1v) is 7.41. The number of thiazole rings is 1.